The number of methoxy groups -OCH3 is 2. The van der Waals surface area contributed by atoms with E-state index in [0.29, 0.717) is 18.0 Å². The van der Waals surface area contributed by atoms with Crippen molar-refractivity contribution in [2.75, 3.05) is 39.3 Å². The summed E-state index contributed by atoms with van der Waals surface area (Å²) < 4.78 is 11.4. The minimum Gasteiger partial charge on any atom is -0.504 e. The van der Waals surface area contributed by atoms with Gasteiger partial charge < -0.3 is 18.9 Å². The topological polar surface area (TPSA) is 55.8 Å². The van der Waals surface area contributed by atoms with Crippen molar-refractivity contribution < 1.29 is 23.5 Å². The molecule has 2 aromatic carbocycles. The van der Waals surface area contributed by atoms with Crippen molar-refractivity contribution in [2.45, 2.75) is 44.2 Å². The lowest BCUT2D eigenvalue weighted by molar-refractivity contribution is -0.932. The molecule has 5 rings (SSSR count). The summed E-state index contributed by atoms with van der Waals surface area (Å²) >= 11 is 0. The number of rotatable bonds is 6. The maximum atomic E-state index is 14.5. The Kier molecular flexibility index (Phi) is 6.41. The highest BCUT2D eigenvalue weighted by Crippen LogP contribution is 2.57. The normalized spacial score (nSPS) is 31.3. The molecule has 5 unspecified atom stereocenters. The summed E-state index contributed by atoms with van der Waals surface area (Å²) in [5, 5.41) is 0. The second kappa shape index (κ2) is 9.40. The van der Waals surface area contributed by atoms with E-state index in [1.165, 1.54) is 7.11 Å². The SMILES string of the molecule is CCC1C[N+]2(C)CCC3(C(=O)N(Cc4ccccc4)c4ccccc43)C2CC1C(=COC)C(=O)OC. The van der Waals surface area contributed by atoms with E-state index in [1.54, 1.807) is 13.4 Å². The van der Waals surface area contributed by atoms with Crippen LogP contribution in [0.5, 0.6) is 0 Å². The maximum Gasteiger partial charge on any atom is 0.337 e. The monoisotopic (exact) mass is 489 g/mol. The number of fused-ring (bicyclic) bond motifs is 4. The molecule has 0 radical (unpaired) electrons. The molecule has 36 heavy (non-hydrogen) atoms. The smallest absolute Gasteiger partial charge is 0.337 e. The largest absolute Gasteiger partial charge is 0.504 e. The zero-order chi connectivity index (χ0) is 25.5. The summed E-state index contributed by atoms with van der Waals surface area (Å²) in [6.45, 7) is 4.64. The molecule has 2 aromatic rings. The number of quaternary nitrogens is 1. The molecule has 2 fully saturated rings. The molecule has 6 nitrogen and oxygen atoms in total. The molecule has 5 atom stereocenters. The summed E-state index contributed by atoms with van der Waals surface area (Å²) in [5.41, 5.74) is 3.28. The van der Waals surface area contributed by atoms with Gasteiger partial charge in [-0.15, -0.1) is 0 Å². The average molecular weight is 490 g/mol. The predicted octanol–water partition coefficient (Wildman–Crippen LogP) is 4.44. The molecular formula is C30H37N2O4+. The first-order valence-electron chi connectivity index (χ1n) is 13.0. The minimum atomic E-state index is -0.592. The van der Waals surface area contributed by atoms with E-state index in [0.717, 1.165) is 53.6 Å². The van der Waals surface area contributed by atoms with Gasteiger partial charge in [-0.3, -0.25) is 4.79 Å². The zero-order valence-electron chi connectivity index (χ0n) is 21.8. The van der Waals surface area contributed by atoms with Gasteiger partial charge in [-0.05, 0) is 23.6 Å². The van der Waals surface area contributed by atoms with Crippen LogP contribution < -0.4 is 4.90 Å². The quantitative estimate of drug-likeness (QED) is 0.261. The second-order valence-electron chi connectivity index (χ2n) is 10.8. The summed E-state index contributed by atoms with van der Waals surface area (Å²) in [6, 6.07) is 18.6. The Labute approximate surface area is 214 Å². The average Bonchev–Trinajstić information content (AvgIpc) is 3.34. The zero-order valence-corrected chi connectivity index (χ0v) is 21.8. The fourth-order valence-electron chi connectivity index (χ4n) is 7.42. The third-order valence-electron chi connectivity index (χ3n) is 9.11. The van der Waals surface area contributed by atoms with Crippen LogP contribution in [0.4, 0.5) is 5.69 Å². The number of para-hydroxylation sites is 1. The molecular weight excluding hydrogens is 452 g/mol. The lowest BCUT2D eigenvalue weighted by Crippen LogP contribution is -2.62. The molecule has 190 valence electrons. The van der Waals surface area contributed by atoms with Gasteiger partial charge in [-0.1, -0.05) is 55.5 Å². The number of esters is 1. The van der Waals surface area contributed by atoms with Crippen molar-refractivity contribution in [2.24, 2.45) is 11.8 Å². The first-order valence-corrected chi connectivity index (χ1v) is 13.0. The molecule has 0 aliphatic carbocycles. The number of benzene rings is 2. The number of ether oxygens (including phenoxy) is 2. The summed E-state index contributed by atoms with van der Waals surface area (Å²) in [5.74, 6) is 0.154. The Morgan fingerprint density at radius 2 is 1.86 bits per heavy atom. The number of hydrogen-bond donors (Lipinski definition) is 0. The van der Waals surface area contributed by atoms with Crippen LogP contribution >= 0.6 is 0 Å². The third kappa shape index (κ3) is 3.65. The van der Waals surface area contributed by atoms with Gasteiger partial charge in [-0.2, -0.15) is 0 Å². The van der Waals surface area contributed by atoms with Crippen molar-refractivity contribution in [3.63, 3.8) is 0 Å². The van der Waals surface area contributed by atoms with Crippen molar-refractivity contribution >= 4 is 17.6 Å². The van der Waals surface area contributed by atoms with Crippen molar-refractivity contribution in [3.8, 4) is 0 Å². The van der Waals surface area contributed by atoms with Gasteiger partial charge in [0.15, 0.2) is 0 Å². The number of carbonyl (C=O) groups is 2. The number of anilines is 1. The lowest BCUT2D eigenvalue weighted by Gasteiger charge is -2.49. The second-order valence-corrected chi connectivity index (χ2v) is 10.8. The third-order valence-corrected chi connectivity index (χ3v) is 9.11. The molecule has 0 N–H and O–H groups in total. The summed E-state index contributed by atoms with van der Waals surface area (Å²) in [7, 11) is 5.30. The molecule has 0 saturated carbocycles. The van der Waals surface area contributed by atoms with Gasteiger partial charge in [-0.25, -0.2) is 4.79 Å². The van der Waals surface area contributed by atoms with Crippen LogP contribution in [-0.2, 0) is 31.0 Å². The standard InChI is InChI=1S/C30H37N2O4/c1-5-22-19-32(2)16-15-30(27(32)17-23(22)24(20-35-3)28(33)36-4)25-13-9-10-14-26(25)31(29(30)34)18-21-11-7-6-8-12-21/h6-14,20,22-23,27H,5,15-19H2,1-4H3/q+1. The van der Waals surface area contributed by atoms with Gasteiger partial charge in [0, 0.05) is 30.4 Å². The Balaban J connectivity index is 1.58. The molecule has 2 saturated heterocycles. The number of hydrogen-bond acceptors (Lipinski definition) is 4. The first-order chi connectivity index (χ1) is 17.4. The van der Waals surface area contributed by atoms with E-state index in [9.17, 15) is 9.59 Å². The number of nitrogens with zero attached hydrogens (tertiary/aromatic N) is 2. The van der Waals surface area contributed by atoms with E-state index in [-0.39, 0.29) is 23.8 Å². The molecule has 1 spiro atoms. The summed E-state index contributed by atoms with van der Waals surface area (Å²) in [4.78, 5) is 29.3. The molecule has 3 aliphatic rings. The van der Waals surface area contributed by atoms with Crippen molar-refractivity contribution in [1.82, 2.24) is 0 Å². The van der Waals surface area contributed by atoms with Crippen LogP contribution in [0.15, 0.2) is 66.4 Å². The van der Waals surface area contributed by atoms with Gasteiger partial charge >= 0.3 is 5.97 Å². The number of likely N-dealkylation sites (N-methyl/N-ethyl adjacent to an activating group) is 1. The Hall–Kier alpha value is -3.12. The molecule has 1 amide bonds. The molecule has 3 heterocycles. The van der Waals surface area contributed by atoms with Crippen LogP contribution in [0.25, 0.3) is 0 Å². The minimum absolute atomic E-state index is 0.0169. The van der Waals surface area contributed by atoms with E-state index in [2.05, 4.69) is 44.3 Å². The predicted molar refractivity (Wildman–Crippen MR) is 139 cm³/mol. The van der Waals surface area contributed by atoms with E-state index in [4.69, 9.17) is 9.47 Å². The van der Waals surface area contributed by atoms with Crippen LogP contribution in [0.2, 0.25) is 0 Å². The highest BCUT2D eigenvalue weighted by atomic mass is 16.5. The Morgan fingerprint density at radius 3 is 2.56 bits per heavy atom. The van der Waals surface area contributed by atoms with Crippen LogP contribution in [0.1, 0.15) is 37.3 Å². The number of amides is 1. The number of carbonyl (C=O) groups excluding carboxylic acids is 2. The highest BCUT2D eigenvalue weighted by molar-refractivity contribution is 6.08. The van der Waals surface area contributed by atoms with Gasteiger partial charge in [0.25, 0.3) is 0 Å². The lowest BCUT2D eigenvalue weighted by atomic mass is 9.66. The van der Waals surface area contributed by atoms with Gasteiger partial charge in [0.1, 0.15) is 11.5 Å². The van der Waals surface area contributed by atoms with E-state index >= 15 is 0 Å². The van der Waals surface area contributed by atoms with Gasteiger partial charge in [0.2, 0.25) is 5.91 Å². The summed E-state index contributed by atoms with van der Waals surface area (Å²) in [6.07, 6.45) is 4.09. The maximum absolute atomic E-state index is 14.5. The van der Waals surface area contributed by atoms with Crippen molar-refractivity contribution in [3.05, 3.63) is 77.6 Å². The highest BCUT2D eigenvalue weighted by Gasteiger charge is 2.68. The molecule has 6 heteroatoms. The first kappa shape index (κ1) is 24.6. The van der Waals surface area contributed by atoms with Crippen molar-refractivity contribution in [1.29, 1.82) is 0 Å². The number of piperidine rings is 1. The Bertz CT molecular complexity index is 1180. The van der Waals surface area contributed by atoms with E-state index in [1.807, 2.05) is 29.2 Å². The molecule has 3 aliphatic heterocycles. The van der Waals surface area contributed by atoms with Crippen LogP contribution in [0.3, 0.4) is 0 Å². The Morgan fingerprint density at radius 1 is 1.14 bits per heavy atom. The molecule has 0 bridgehead atoms. The fourth-order valence-corrected chi connectivity index (χ4v) is 7.42. The van der Waals surface area contributed by atoms with Crippen LogP contribution in [0, 0.1) is 11.8 Å². The fraction of sp³-hybridized carbons (Fsp3) is 0.467. The molecule has 0 aromatic heterocycles. The van der Waals surface area contributed by atoms with Gasteiger partial charge in [0.05, 0.1) is 52.7 Å². The van der Waals surface area contributed by atoms with E-state index < -0.39 is 5.41 Å². The van der Waals surface area contributed by atoms with Crippen LogP contribution in [-0.4, -0.2) is 56.8 Å².